The Hall–Kier alpha value is -3.22. The number of unbranched alkanes of at least 4 members (excludes halogenated alkanes) is 20. The Balaban J connectivity index is 4.71. The van der Waals surface area contributed by atoms with Gasteiger partial charge in [0.2, 0.25) is 5.91 Å². The zero-order valence-corrected chi connectivity index (χ0v) is 42.3. The molecule has 0 aromatic heterocycles. The van der Waals surface area contributed by atoms with E-state index in [1.165, 1.54) is 89.9 Å². The van der Waals surface area contributed by atoms with Crippen LogP contribution in [0.15, 0.2) is 97.2 Å². The first-order chi connectivity index (χ1) is 32.0. The number of amides is 1. The van der Waals surface area contributed by atoms with E-state index in [9.17, 15) is 19.8 Å². The van der Waals surface area contributed by atoms with Crippen LogP contribution in [0.2, 0.25) is 0 Å². The van der Waals surface area contributed by atoms with Gasteiger partial charge in [-0.3, -0.25) is 9.59 Å². The van der Waals surface area contributed by atoms with Gasteiger partial charge >= 0.3 is 5.97 Å². The molecule has 6 nitrogen and oxygen atoms in total. The first-order valence-electron chi connectivity index (χ1n) is 27.0. The summed E-state index contributed by atoms with van der Waals surface area (Å²) >= 11 is 0. The summed E-state index contributed by atoms with van der Waals surface area (Å²) < 4.78 is 5.89. The van der Waals surface area contributed by atoms with Gasteiger partial charge in [-0.2, -0.15) is 0 Å². The summed E-state index contributed by atoms with van der Waals surface area (Å²) in [5, 5.41) is 23.8. The molecule has 0 bridgehead atoms. The average molecular weight is 904 g/mol. The molecule has 0 rings (SSSR count). The molecule has 0 aliphatic rings. The van der Waals surface area contributed by atoms with Crippen molar-refractivity contribution in [2.75, 3.05) is 6.61 Å². The van der Waals surface area contributed by atoms with Gasteiger partial charge in [-0.1, -0.05) is 234 Å². The minimum Gasteiger partial charge on any atom is -0.462 e. The predicted molar refractivity (Wildman–Crippen MR) is 282 cm³/mol. The van der Waals surface area contributed by atoms with Crippen LogP contribution in [-0.4, -0.2) is 46.9 Å². The lowest BCUT2D eigenvalue weighted by Gasteiger charge is -2.24. The molecule has 6 heteroatoms. The van der Waals surface area contributed by atoms with Gasteiger partial charge in [-0.25, -0.2) is 0 Å². The Bertz CT molecular complexity index is 1290. The van der Waals surface area contributed by atoms with Crippen molar-refractivity contribution in [1.82, 2.24) is 5.32 Å². The third kappa shape index (κ3) is 47.1. The number of hydrogen-bond acceptors (Lipinski definition) is 5. The van der Waals surface area contributed by atoms with Gasteiger partial charge in [-0.15, -0.1) is 0 Å². The fourth-order valence-corrected chi connectivity index (χ4v) is 7.62. The number of allylic oxidation sites excluding steroid dienone is 16. The second-order valence-electron chi connectivity index (χ2n) is 17.9. The number of nitrogens with one attached hydrogen (secondary N) is 1. The van der Waals surface area contributed by atoms with E-state index in [-0.39, 0.29) is 31.3 Å². The zero-order chi connectivity index (χ0) is 47.4. The maximum Gasteiger partial charge on any atom is 0.306 e. The largest absolute Gasteiger partial charge is 0.462 e. The van der Waals surface area contributed by atoms with Crippen LogP contribution >= 0.6 is 0 Å². The van der Waals surface area contributed by atoms with E-state index < -0.39 is 18.2 Å². The highest BCUT2D eigenvalue weighted by atomic mass is 16.5. The highest BCUT2D eigenvalue weighted by molar-refractivity contribution is 5.77. The van der Waals surface area contributed by atoms with E-state index in [0.29, 0.717) is 19.3 Å². The van der Waals surface area contributed by atoms with Crippen LogP contribution in [0.3, 0.4) is 0 Å². The molecule has 3 unspecified atom stereocenters. The fraction of sp³-hybridized carbons (Fsp3) is 0.695. The second kappa shape index (κ2) is 51.8. The first kappa shape index (κ1) is 61.8. The molecule has 0 saturated carbocycles. The Morgan fingerprint density at radius 1 is 0.477 bits per heavy atom. The van der Waals surface area contributed by atoms with Gasteiger partial charge in [0.05, 0.1) is 25.2 Å². The van der Waals surface area contributed by atoms with Crippen molar-refractivity contribution in [3.8, 4) is 0 Å². The van der Waals surface area contributed by atoms with E-state index in [1.54, 1.807) is 0 Å². The Morgan fingerprint density at radius 3 is 1.35 bits per heavy atom. The molecule has 1 amide bonds. The molecule has 0 aromatic carbocycles. The van der Waals surface area contributed by atoms with E-state index in [1.807, 2.05) is 6.08 Å². The number of aliphatic hydroxyl groups is 2. The smallest absolute Gasteiger partial charge is 0.306 e. The minimum atomic E-state index is -0.811. The molecule has 0 spiro atoms. The summed E-state index contributed by atoms with van der Waals surface area (Å²) in [6.07, 6.45) is 69.0. The van der Waals surface area contributed by atoms with E-state index in [4.69, 9.17) is 4.74 Å². The summed E-state index contributed by atoms with van der Waals surface area (Å²) in [7, 11) is 0. The number of esters is 1. The molecule has 3 N–H and O–H groups in total. The molecule has 0 aliphatic heterocycles. The Kier molecular flexibility index (Phi) is 49.2. The molecule has 0 radical (unpaired) electrons. The quantitative estimate of drug-likeness (QED) is 0.0245. The molecule has 0 fully saturated rings. The van der Waals surface area contributed by atoms with Crippen molar-refractivity contribution in [2.45, 2.75) is 257 Å². The number of carbonyl (C=O) groups excluding carboxylic acids is 2. The molecular formula is C59H101NO5. The molecular weight excluding hydrogens is 803 g/mol. The highest BCUT2D eigenvalue weighted by Gasteiger charge is 2.24. The van der Waals surface area contributed by atoms with E-state index in [2.05, 4.69) is 117 Å². The lowest BCUT2D eigenvalue weighted by Crippen LogP contribution is -2.46. The topological polar surface area (TPSA) is 95.9 Å². The van der Waals surface area contributed by atoms with Crippen molar-refractivity contribution >= 4 is 11.9 Å². The van der Waals surface area contributed by atoms with Crippen LogP contribution in [0.4, 0.5) is 0 Å². The average Bonchev–Trinajstić information content (AvgIpc) is 3.30. The molecule has 372 valence electrons. The summed E-state index contributed by atoms with van der Waals surface area (Å²) in [6.45, 7) is 6.32. The molecule has 0 aliphatic carbocycles. The normalized spacial score (nSPS) is 14.0. The number of rotatable bonds is 47. The van der Waals surface area contributed by atoms with E-state index in [0.717, 1.165) is 96.3 Å². The lowest BCUT2D eigenvalue weighted by atomic mass is 10.0. The van der Waals surface area contributed by atoms with Gasteiger partial charge in [-0.05, 0) is 89.9 Å². The minimum absolute atomic E-state index is 0.0288. The van der Waals surface area contributed by atoms with Crippen molar-refractivity contribution in [1.29, 1.82) is 0 Å². The van der Waals surface area contributed by atoms with Crippen LogP contribution in [0.5, 0.6) is 0 Å². The van der Waals surface area contributed by atoms with E-state index >= 15 is 0 Å². The number of ether oxygens (including phenoxy) is 1. The van der Waals surface area contributed by atoms with Crippen LogP contribution < -0.4 is 5.32 Å². The third-order valence-corrected chi connectivity index (χ3v) is 11.7. The maximum atomic E-state index is 13.2. The van der Waals surface area contributed by atoms with Gasteiger partial charge in [0, 0.05) is 6.42 Å². The van der Waals surface area contributed by atoms with Crippen LogP contribution in [0, 0.1) is 0 Å². The monoisotopic (exact) mass is 904 g/mol. The van der Waals surface area contributed by atoms with Crippen molar-refractivity contribution < 1.29 is 24.5 Å². The first-order valence-corrected chi connectivity index (χ1v) is 27.0. The van der Waals surface area contributed by atoms with Gasteiger partial charge in [0.1, 0.15) is 6.10 Å². The van der Waals surface area contributed by atoms with Crippen LogP contribution in [0.25, 0.3) is 0 Å². The zero-order valence-electron chi connectivity index (χ0n) is 42.3. The number of hydrogen-bond donors (Lipinski definition) is 3. The Morgan fingerprint density at radius 2 is 0.877 bits per heavy atom. The van der Waals surface area contributed by atoms with Crippen LogP contribution in [-0.2, 0) is 14.3 Å². The molecule has 65 heavy (non-hydrogen) atoms. The highest BCUT2D eigenvalue weighted by Crippen LogP contribution is 2.17. The maximum absolute atomic E-state index is 13.2. The summed E-state index contributed by atoms with van der Waals surface area (Å²) in [4.78, 5) is 26.2. The third-order valence-electron chi connectivity index (χ3n) is 11.7. The fourth-order valence-electron chi connectivity index (χ4n) is 7.62. The summed E-state index contributed by atoms with van der Waals surface area (Å²) in [5.74, 6) is -0.599. The lowest BCUT2D eigenvalue weighted by molar-refractivity contribution is -0.150. The number of carbonyl (C=O) groups is 2. The molecule has 0 heterocycles. The van der Waals surface area contributed by atoms with Crippen LogP contribution in [0.1, 0.15) is 239 Å². The molecule has 0 saturated heterocycles. The second-order valence-corrected chi connectivity index (χ2v) is 17.9. The van der Waals surface area contributed by atoms with Gasteiger partial charge in [0.25, 0.3) is 0 Å². The van der Waals surface area contributed by atoms with Gasteiger partial charge in [0.15, 0.2) is 0 Å². The molecule has 3 atom stereocenters. The van der Waals surface area contributed by atoms with Gasteiger partial charge < -0.3 is 20.3 Å². The van der Waals surface area contributed by atoms with Crippen molar-refractivity contribution in [3.05, 3.63) is 97.2 Å². The summed E-state index contributed by atoms with van der Waals surface area (Å²) in [5.41, 5.74) is 0. The van der Waals surface area contributed by atoms with Crippen molar-refractivity contribution in [2.24, 2.45) is 0 Å². The van der Waals surface area contributed by atoms with Crippen molar-refractivity contribution in [3.63, 3.8) is 0 Å². The predicted octanol–water partition coefficient (Wildman–Crippen LogP) is 16.5. The SMILES string of the molecule is CC/C=C\C/C=C\C/C=C\C/C=C\C/C=C\C/C=C\CCC(=O)OC(CCCCCC/C=C/C=C/CCCCC)CC(=O)NC(CO)C(O)CCCCCCCCCCCCCCCC. The standard InChI is InChI=1S/C59H101NO5/c1-4-7-10-13-16-19-22-25-27-28-29-30-31-34-37-40-43-46-49-52-59(64)65-55(50-47-44-41-38-35-32-24-21-18-15-12-9-6-3)53-58(63)60-56(54-61)57(62)51-48-45-42-39-36-33-26-23-20-17-14-11-8-5-2/h7,10,16,18-19,21,24-25,27,29-30,32,34,37,43,46,55-57,61-62H,4-6,8-9,11-15,17,20,22-23,26,28,31,33,35-36,38-42,44-45,47-54H2,1-3H3,(H,60,63)/b10-7-,19-16-,21-18+,27-25-,30-29-,32-24+,37-34-,46-43-. The Labute approximate surface area is 401 Å². The number of aliphatic hydroxyl groups excluding tert-OH is 2. The summed E-state index contributed by atoms with van der Waals surface area (Å²) in [6, 6.07) is -0.729. The molecule has 0 aromatic rings.